The van der Waals surface area contributed by atoms with Crippen LogP contribution in [0.25, 0.3) is 10.7 Å². The van der Waals surface area contributed by atoms with E-state index in [0.29, 0.717) is 5.75 Å². The van der Waals surface area contributed by atoms with Crippen LogP contribution in [0.4, 0.5) is 9.52 Å². The largest absolute Gasteiger partial charge is 0.490 e. The standard InChI is InChI=1S/C18H17FN4OS/c19-13-4-6-14(7-5-13)24-15-8-11-23(12-9-15)18-22-21-17(25-18)16-3-1-2-10-20-16/h1-7,10,15H,8-9,11-12H2. The number of pyridine rings is 1. The van der Waals surface area contributed by atoms with E-state index in [1.807, 2.05) is 18.2 Å². The van der Waals surface area contributed by atoms with Crippen LogP contribution in [-0.4, -0.2) is 34.4 Å². The first-order chi connectivity index (χ1) is 12.3. The second-order valence-corrected chi connectivity index (χ2v) is 6.82. The van der Waals surface area contributed by atoms with Crippen molar-refractivity contribution < 1.29 is 9.13 Å². The number of piperidine rings is 1. The number of hydrogen-bond acceptors (Lipinski definition) is 6. The van der Waals surface area contributed by atoms with Gasteiger partial charge in [0.25, 0.3) is 0 Å². The first kappa shape index (κ1) is 16.0. The molecule has 0 spiro atoms. The van der Waals surface area contributed by atoms with Gasteiger partial charge in [-0.05, 0) is 36.4 Å². The summed E-state index contributed by atoms with van der Waals surface area (Å²) in [7, 11) is 0. The van der Waals surface area contributed by atoms with Crippen LogP contribution in [0.2, 0.25) is 0 Å². The Kier molecular flexibility index (Phi) is 4.56. The monoisotopic (exact) mass is 356 g/mol. The number of aromatic nitrogens is 3. The first-order valence-electron chi connectivity index (χ1n) is 8.20. The molecule has 3 aromatic rings. The zero-order chi connectivity index (χ0) is 17.1. The van der Waals surface area contributed by atoms with Crippen molar-refractivity contribution in [2.75, 3.05) is 18.0 Å². The average Bonchev–Trinajstić information content (AvgIpc) is 3.15. The minimum Gasteiger partial charge on any atom is -0.490 e. The minimum absolute atomic E-state index is 0.143. The van der Waals surface area contributed by atoms with Crippen LogP contribution in [0.5, 0.6) is 5.75 Å². The van der Waals surface area contributed by atoms with Gasteiger partial charge in [0, 0.05) is 32.1 Å². The highest BCUT2D eigenvalue weighted by atomic mass is 32.1. The second-order valence-electron chi connectivity index (χ2n) is 5.86. The summed E-state index contributed by atoms with van der Waals surface area (Å²) in [5.74, 6) is 0.468. The van der Waals surface area contributed by atoms with Crippen LogP contribution >= 0.6 is 11.3 Å². The molecule has 1 fully saturated rings. The Balaban J connectivity index is 1.36. The average molecular weight is 356 g/mol. The van der Waals surface area contributed by atoms with Crippen LogP contribution in [0.3, 0.4) is 0 Å². The number of benzene rings is 1. The zero-order valence-corrected chi connectivity index (χ0v) is 14.3. The molecule has 1 aliphatic heterocycles. The van der Waals surface area contributed by atoms with Crippen molar-refractivity contribution in [3.63, 3.8) is 0 Å². The lowest BCUT2D eigenvalue weighted by molar-refractivity contribution is 0.170. The van der Waals surface area contributed by atoms with Gasteiger partial charge >= 0.3 is 0 Å². The van der Waals surface area contributed by atoms with E-state index in [9.17, 15) is 4.39 Å². The summed E-state index contributed by atoms with van der Waals surface area (Å²) in [6, 6.07) is 12.0. The minimum atomic E-state index is -0.248. The zero-order valence-electron chi connectivity index (χ0n) is 13.5. The van der Waals surface area contributed by atoms with E-state index in [1.165, 1.54) is 12.1 Å². The molecule has 4 rings (SSSR count). The number of ether oxygens (including phenoxy) is 1. The van der Waals surface area contributed by atoms with Gasteiger partial charge in [0.2, 0.25) is 5.13 Å². The summed E-state index contributed by atoms with van der Waals surface area (Å²) in [6.45, 7) is 1.73. The van der Waals surface area contributed by atoms with Crippen molar-refractivity contribution in [2.45, 2.75) is 18.9 Å². The van der Waals surface area contributed by atoms with E-state index in [0.717, 1.165) is 41.8 Å². The van der Waals surface area contributed by atoms with Gasteiger partial charge in [-0.2, -0.15) is 0 Å². The number of halogens is 1. The predicted octanol–water partition coefficient (Wildman–Crippen LogP) is 3.79. The number of anilines is 1. The second kappa shape index (κ2) is 7.14. The Labute approximate surface area is 149 Å². The SMILES string of the molecule is Fc1ccc(OC2CCN(c3nnc(-c4ccccn4)s3)CC2)cc1. The molecule has 0 radical (unpaired) electrons. The van der Waals surface area contributed by atoms with Crippen LogP contribution in [-0.2, 0) is 0 Å². The highest BCUT2D eigenvalue weighted by Crippen LogP contribution is 2.29. The topological polar surface area (TPSA) is 51.1 Å². The normalized spacial score (nSPS) is 15.3. The molecule has 1 aliphatic rings. The molecular weight excluding hydrogens is 339 g/mol. The molecule has 25 heavy (non-hydrogen) atoms. The Bertz CT molecular complexity index is 817. The van der Waals surface area contributed by atoms with Crippen molar-refractivity contribution >= 4 is 16.5 Å². The third-order valence-corrected chi connectivity index (χ3v) is 5.13. The van der Waals surface area contributed by atoms with Crippen molar-refractivity contribution in [1.82, 2.24) is 15.2 Å². The fourth-order valence-electron chi connectivity index (χ4n) is 2.81. The summed E-state index contributed by atoms with van der Waals surface area (Å²) < 4.78 is 18.9. The Morgan fingerprint density at radius 3 is 2.56 bits per heavy atom. The molecular formula is C18H17FN4OS. The first-order valence-corrected chi connectivity index (χ1v) is 9.02. The maximum Gasteiger partial charge on any atom is 0.208 e. The molecule has 0 unspecified atom stereocenters. The van der Waals surface area contributed by atoms with Gasteiger partial charge in [-0.15, -0.1) is 10.2 Å². The summed E-state index contributed by atoms with van der Waals surface area (Å²) >= 11 is 1.56. The summed E-state index contributed by atoms with van der Waals surface area (Å²) in [6.07, 6.45) is 3.70. The van der Waals surface area contributed by atoms with Gasteiger partial charge in [0.1, 0.15) is 23.4 Å². The molecule has 0 atom stereocenters. The third kappa shape index (κ3) is 3.76. The van der Waals surface area contributed by atoms with Crippen molar-refractivity contribution in [2.24, 2.45) is 0 Å². The third-order valence-electron chi connectivity index (χ3n) is 4.13. The molecule has 0 N–H and O–H groups in total. The lowest BCUT2D eigenvalue weighted by Gasteiger charge is -2.31. The summed E-state index contributed by atoms with van der Waals surface area (Å²) in [4.78, 5) is 6.55. The number of nitrogens with zero attached hydrogens (tertiary/aromatic N) is 4. The van der Waals surface area contributed by atoms with E-state index < -0.39 is 0 Å². The van der Waals surface area contributed by atoms with Crippen LogP contribution in [0, 0.1) is 5.82 Å². The quantitative estimate of drug-likeness (QED) is 0.712. The van der Waals surface area contributed by atoms with E-state index >= 15 is 0 Å². The molecule has 0 amide bonds. The molecule has 128 valence electrons. The van der Waals surface area contributed by atoms with Crippen LogP contribution in [0.15, 0.2) is 48.7 Å². The van der Waals surface area contributed by atoms with Crippen molar-refractivity contribution in [1.29, 1.82) is 0 Å². The lowest BCUT2D eigenvalue weighted by Crippen LogP contribution is -2.38. The maximum absolute atomic E-state index is 13.0. The van der Waals surface area contributed by atoms with E-state index in [1.54, 1.807) is 29.7 Å². The molecule has 1 aromatic carbocycles. The highest BCUT2D eigenvalue weighted by molar-refractivity contribution is 7.18. The molecule has 2 aromatic heterocycles. The van der Waals surface area contributed by atoms with Crippen molar-refractivity contribution in [3.8, 4) is 16.5 Å². The summed E-state index contributed by atoms with van der Waals surface area (Å²) in [5.41, 5.74) is 0.848. The van der Waals surface area contributed by atoms with Gasteiger partial charge in [-0.25, -0.2) is 4.39 Å². The molecule has 3 heterocycles. The predicted molar refractivity (Wildman–Crippen MR) is 95.4 cm³/mol. The van der Waals surface area contributed by atoms with Gasteiger partial charge < -0.3 is 9.64 Å². The molecule has 5 nitrogen and oxygen atoms in total. The molecule has 0 saturated carbocycles. The number of rotatable bonds is 4. The van der Waals surface area contributed by atoms with E-state index in [-0.39, 0.29) is 11.9 Å². The highest BCUT2D eigenvalue weighted by Gasteiger charge is 2.23. The fourth-order valence-corrected chi connectivity index (χ4v) is 3.68. The van der Waals surface area contributed by atoms with Gasteiger partial charge in [-0.1, -0.05) is 17.4 Å². The Hall–Kier alpha value is -2.54. The van der Waals surface area contributed by atoms with Gasteiger partial charge in [-0.3, -0.25) is 4.98 Å². The fraction of sp³-hybridized carbons (Fsp3) is 0.278. The number of hydrogen-bond donors (Lipinski definition) is 0. The smallest absolute Gasteiger partial charge is 0.208 e. The van der Waals surface area contributed by atoms with Crippen molar-refractivity contribution in [3.05, 3.63) is 54.5 Å². The van der Waals surface area contributed by atoms with E-state index in [2.05, 4.69) is 20.1 Å². The summed E-state index contributed by atoms with van der Waals surface area (Å²) in [5, 5.41) is 10.3. The maximum atomic E-state index is 13.0. The molecule has 1 saturated heterocycles. The molecule has 0 bridgehead atoms. The van der Waals surface area contributed by atoms with E-state index in [4.69, 9.17) is 4.74 Å². The Morgan fingerprint density at radius 2 is 1.84 bits per heavy atom. The molecule has 7 heteroatoms. The Morgan fingerprint density at radius 1 is 1.04 bits per heavy atom. The molecule has 0 aliphatic carbocycles. The van der Waals surface area contributed by atoms with Gasteiger partial charge in [0.05, 0.1) is 0 Å². The van der Waals surface area contributed by atoms with Crippen LogP contribution in [0.1, 0.15) is 12.8 Å². The van der Waals surface area contributed by atoms with Crippen LogP contribution < -0.4 is 9.64 Å². The lowest BCUT2D eigenvalue weighted by atomic mass is 10.1. The van der Waals surface area contributed by atoms with Gasteiger partial charge in [0.15, 0.2) is 5.01 Å².